The van der Waals surface area contributed by atoms with Crippen LogP contribution in [0.1, 0.15) is 12.5 Å². The van der Waals surface area contributed by atoms with E-state index in [2.05, 4.69) is 5.32 Å². The zero-order chi connectivity index (χ0) is 14.3. The number of methoxy groups -OCH3 is 3. The van der Waals surface area contributed by atoms with Crippen LogP contribution in [0.4, 0.5) is 0 Å². The molecule has 1 rings (SSSR count). The lowest BCUT2D eigenvalue weighted by Gasteiger charge is -2.15. The fourth-order valence-corrected chi connectivity index (χ4v) is 1.80. The van der Waals surface area contributed by atoms with Crippen LogP contribution >= 0.6 is 0 Å². The summed E-state index contributed by atoms with van der Waals surface area (Å²) in [5.74, 6) is 2.25. The van der Waals surface area contributed by atoms with Crippen LogP contribution in [0.3, 0.4) is 0 Å². The summed E-state index contributed by atoms with van der Waals surface area (Å²) >= 11 is 0. The molecule has 5 nitrogen and oxygen atoms in total. The summed E-state index contributed by atoms with van der Waals surface area (Å²) < 4.78 is 15.9. The van der Waals surface area contributed by atoms with Crippen molar-refractivity contribution < 1.29 is 19.0 Å². The average molecular weight is 267 g/mol. The third-order valence-corrected chi connectivity index (χ3v) is 2.74. The number of Topliss-reactive ketones (excluding diaryl/α,β-unsaturated/α-hetero) is 1. The van der Waals surface area contributed by atoms with E-state index < -0.39 is 0 Å². The summed E-state index contributed by atoms with van der Waals surface area (Å²) in [5, 5.41) is 3.07. The molecule has 0 atom stereocenters. The van der Waals surface area contributed by atoms with Crippen LogP contribution in [-0.2, 0) is 11.2 Å². The highest BCUT2D eigenvalue weighted by Crippen LogP contribution is 2.34. The van der Waals surface area contributed by atoms with Crippen molar-refractivity contribution >= 4 is 5.78 Å². The smallest absolute Gasteiger partial charge is 0.143 e. The maximum absolute atomic E-state index is 10.9. The SMILES string of the molecule is COc1cc(OC)c(CCNCC(C)=O)c(OC)c1. The number of carbonyl (C=O) groups is 1. The number of benzene rings is 1. The van der Waals surface area contributed by atoms with Crippen molar-refractivity contribution in [1.29, 1.82) is 0 Å². The van der Waals surface area contributed by atoms with Crippen LogP contribution in [0, 0.1) is 0 Å². The normalized spacial score (nSPS) is 10.1. The maximum Gasteiger partial charge on any atom is 0.143 e. The Hall–Kier alpha value is -1.75. The van der Waals surface area contributed by atoms with E-state index >= 15 is 0 Å². The molecular formula is C14H21NO4. The second kappa shape index (κ2) is 7.63. The summed E-state index contributed by atoms with van der Waals surface area (Å²) in [7, 11) is 4.82. The summed E-state index contributed by atoms with van der Waals surface area (Å²) in [6.45, 7) is 2.61. The van der Waals surface area contributed by atoms with E-state index in [-0.39, 0.29) is 5.78 Å². The molecule has 0 fully saturated rings. The lowest BCUT2D eigenvalue weighted by Crippen LogP contribution is -2.23. The lowest BCUT2D eigenvalue weighted by atomic mass is 10.1. The van der Waals surface area contributed by atoms with Gasteiger partial charge in [-0.2, -0.15) is 0 Å². The zero-order valence-electron chi connectivity index (χ0n) is 11.9. The molecule has 19 heavy (non-hydrogen) atoms. The molecule has 0 aromatic heterocycles. The zero-order valence-corrected chi connectivity index (χ0v) is 11.9. The molecular weight excluding hydrogens is 246 g/mol. The van der Waals surface area contributed by atoms with Crippen LogP contribution in [0.15, 0.2) is 12.1 Å². The van der Waals surface area contributed by atoms with Crippen molar-refractivity contribution in [2.24, 2.45) is 0 Å². The predicted molar refractivity (Wildman–Crippen MR) is 73.4 cm³/mol. The molecule has 0 aliphatic heterocycles. The first-order valence-electron chi connectivity index (χ1n) is 6.11. The molecule has 106 valence electrons. The first-order chi connectivity index (χ1) is 9.12. The standard InChI is InChI=1S/C14H21NO4/c1-10(16)9-15-6-5-12-13(18-3)7-11(17-2)8-14(12)19-4/h7-8,15H,5-6,9H2,1-4H3. The van der Waals surface area contributed by atoms with E-state index in [1.165, 1.54) is 0 Å². The molecule has 1 aromatic rings. The van der Waals surface area contributed by atoms with Crippen molar-refractivity contribution in [2.45, 2.75) is 13.3 Å². The molecule has 0 heterocycles. The van der Waals surface area contributed by atoms with Gasteiger partial charge in [-0.15, -0.1) is 0 Å². The Balaban J connectivity index is 2.82. The van der Waals surface area contributed by atoms with Crippen LogP contribution in [0.25, 0.3) is 0 Å². The predicted octanol–water partition coefficient (Wildman–Crippen LogP) is 1.43. The topological polar surface area (TPSA) is 56.8 Å². The Bertz CT molecular complexity index is 406. The van der Waals surface area contributed by atoms with Crippen LogP contribution < -0.4 is 19.5 Å². The van der Waals surface area contributed by atoms with Gasteiger partial charge in [0.05, 0.1) is 27.9 Å². The second-order valence-corrected chi connectivity index (χ2v) is 4.14. The van der Waals surface area contributed by atoms with E-state index in [1.54, 1.807) is 28.3 Å². The van der Waals surface area contributed by atoms with E-state index in [0.717, 1.165) is 17.1 Å². The summed E-state index contributed by atoms with van der Waals surface area (Å²) in [4.78, 5) is 10.9. The van der Waals surface area contributed by atoms with Crippen molar-refractivity contribution in [2.75, 3.05) is 34.4 Å². The van der Waals surface area contributed by atoms with Crippen molar-refractivity contribution in [1.82, 2.24) is 5.32 Å². The monoisotopic (exact) mass is 267 g/mol. The minimum Gasteiger partial charge on any atom is -0.496 e. The van der Waals surface area contributed by atoms with Gasteiger partial charge < -0.3 is 19.5 Å². The van der Waals surface area contributed by atoms with Gasteiger partial charge in [-0.1, -0.05) is 0 Å². The fraction of sp³-hybridized carbons (Fsp3) is 0.500. The molecule has 1 aromatic carbocycles. The lowest BCUT2D eigenvalue weighted by molar-refractivity contribution is -0.116. The van der Waals surface area contributed by atoms with Crippen molar-refractivity contribution in [3.63, 3.8) is 0 Å². The minimum absolute atomic E-state index is 0.119. The van der Waals surface area contributed by atoms with Gasteiger partial charge in [-0.25, -0.2) is 0 Å². The van der Waals surface area contributed by atoms with E-state index in [1.807, 2.05) is 12.1 Å². The average Bonchev–Trinajstić information content (AvgIpc) is 2.42. The number of ether oxygens (including phenoxy) is 3. The first-order valence-corrected chi connectivity index (χ1v) is 6.11. The highest BCUT2D eigenvalue weighted by atomic mass is 16.5. The van der Waals surface area contributed by atoms with E-state index in [4.69, 9.17) is 14.2 Å². The molecule has 1 N–H and O–H groups in total. The van der Waals surface area contributed by atoms with Crippen LogP contribution in [0.2, 0.25) is 0 Å². The van der Waals surface area contributed by atoms with E-state index in [9.17, 15) is 4.79 Å². The third-order valence-electron chi connectivity index (χ3n) is 2.74. The van der Waals surface area contributed by atoms with Crippen molar-refractivity contribution in [3.05, 3.63) is 17.7 Å². The molecule has 0 saturated heterocycles. The van der Waals surface area contributed by atoms with Gasteiger partial charge in [0, 0.05) is 17.7 Å². The second-order valence-electron chi connectivity index (χ2n) is 4.14. The first kappa shape index (κ1) is 15.3. The van der Waals surface area contributed by atoms with Gasteiger partial charge in [0.2, 0.25) is 0 Å². The molecule has 0 aliphatic rings. The summed E-state index contributed by atoms with van der Waals surface area (Å²) in [6.07, 6.45) is 0.712. The Morgan fingerprint density at radius 2 is 1.68 bits per heavy atom. The third kappa shape index (κ3) is 4.44. The molecule has 0 saturated carbocycles. The summed E-state index contributed by atoms with van der Waals surface area (Å²) in [5.41, 5.74) is 0.960. The van der Waals surface area contributed by atoms with Gasteiger partial charge in [0.15, 0.2) is 0 Å². The molecule has 0 bridgehead atoms. The van der Waals surface area contributed by atoms with Gasteiger partial charge in [-0.3, -0.25) is 4.79 Å². The largest absolute Gasteiger partial charge is 0.496 e. The highest BCUT2D eigenvalue weighted by Gasteiger charge is 2.12. The number of carbonyl (C=O) groups excluding carboxylic acids is 1. The Morgan fingerprint density at radius 3 is 2.11 bits per heavy atom. The molecule has 0 unspecified atom stereocenters. The number of hydrogen-bond acceptors (Lipinski definition) is 5. The van der Waals surface area contributed by atoms with Crippen LogP contribution in [0.5, 0.6) is 17.2 Å². The number of nitrogens with one attached hydrogen (secondary N) is 1. The molecule has 0 radical (unpaired) electrons. The Morgan fingerprint density at radius 1 is 1.11 bits per heavy atom. The fourth-order valence-electron chi connectivity index (χ4n) is 1.80. The number of hydrogen-bond donors (Lipinski definition) is 1. The summed E-state index contributed by atoms with van der Waals surface area (Å²) in [6, 6.07) is 3.64. The quantitative estimate of drug-likeness (QED) is 0.722. The Kier molecular flexibility index (Phi) is 6.15. The molecule has 5 heteroatoms. The Labute approximate surface area is 113 Å². The minimum atomic E-state index is 0.119. The molecule has 0 amide bonds. The molecule has 0 spiro atoms. The van der Waals surface area contributed by atoms with Gasteiger partial charge in [-0.05, 0) is 19.9 Å². The van der Waals surface area contributed by atoms with Gasteiger partial charge in [0.25, 0.3) is 0 Å². The van der Waals surface area contributed by atoms with Gasteiger partial charge >= 0.3 is 0 Å². The number of ketones is 1. The molecule has 0 aliphatic carbocycles. The van der Waals surface area contributed by atoms with Gasteiger partial charge in [0.1, 0.15) is 23.0 Å². The van der Waals surface area contributed by atoms with Crippen molar-refractivity contribution in [3.8, 4) is 17.2 Å². The van der Waals surface area contributed by atoms with E-state index in [0.29, 0.717) is 25.3 Å². The highest BCUT2D eigenvalue weighted by molar-refractivity contribution is 5.77. The van der Waals surface area contributed by atoms with Crippen LogP contribution in [-0.4, -0.2) is 40.2 Å². The number of rotatable bonds is 8. The maximum atomic E-state index is 10.9.